The molecule has 2 aliphatic heterocycles. The maximum atomic E-state index is 12.6. The number of ether oxygens (including phenoxy) is 1. The van der Waals surface area contributed by atoms with E-state index in [0.29, 0.717) is 5.56 Å². The van der Waals surface area contributed by atoms with Crippen molar-refractivity contribution in [3.05, 3.63) is 23.8 Å². The van der Waals surface area contributed by atoms with Gasteiger partial charge in [-0.2, -0.15) is 5.10 Å². The van der Waals surface area contributed by atoms with Gasteiger partial charge in [0.15, 0.2) is 34.7 Å². The first-order valence-corrected chi connectivity index (χ1v) is 11.2. The molecule has 1 aromatic carbocycles. The number of aromatic hydroxyl groups is 2. The summed E-state index contributed by atoms with van der Waals surface area (Å²) in [5.74, 6) is -3.40. The number of benzene rings is 1. The third-order valence-corrected chi connectivity index (χ3v) is 6.73. The topological polar surface area (TPSA) is 198 Å². The number of aliphatic imine (C=N–C) groups is 1. The van der Waals surface area contributed by atoms with E-state index >= 15 is 0 Å². The molecular formula is C20H24N4O9S. The highest BCUT2D eigenvalue weighted by atomic mass is 32.2. The maximum absolute atomic E-state index is 12.6. The minimum Gasteiger partial charge on any atom is -0.504 e. The number of carbonyl (C=O) groups excluding carboxylic acids is 2. The lowest BCUT2D eigenvalue weighted by Gasteiger charge is -2.46. The maximum Gasteiger partial charge on any atom is 0.328 e. The molecule has 5 N–H and O–H groups in total. The molecule has 3 rings (SSSR count). The van der Waals surface area contributed by atoms with Crippen molar-refractivity contribution in [2.75, 3.05) is 0 Å². The van der Waals surface area contributed by atoms with Crippen molar-refractivity contribution in [1.29, 1.82) is 0 Å². The first kappa shape index (κ1) is 25.1. The summed E-state index contributed by atoms with van der Waals surface area (Å²) in [4.78, 5) is 41.6. The van der Waals surface area contributed by atoms with E-state index in [9.17, 15) is 38.5 Å². The Kier molecular flexibility index (Phi) is 6.93. The van der Waals surface area contributed by atoms with Crippen LogP contribution < -0.4 is 5.43 Å². The number of carboxylic acid groups (broad SMARTS) is 1. The summed E-state index contributed by atoms with van der Waals surface area (Å²) in [6, 6.07) is 0.688. The van der Waals surface area contributed by atoms with Gasteiger partial charge in [0, 0.05) is 24.2 Å². The number of carbonyl (C=O) groups is 3. The van der Waals surface area contributed by atoms with Crippen molar-refractivity contribution < 1.29 is 43.2 Å². The second-order valence-electron chi connectivity index (χ2n) is 8.17. The molecule has 0 spiro atoms. The number of phenolic OH excluding ortho intramolecular Hbond substituents is 2. The van der Waals surface area contributed by atoms with Crippen LogP contribution in [0.2, 0.25) is 0 Å². The zero-order chi connectivity index (χ0) is 25.4. The highest BCUT2D eigenvalue weighted by Gasteiger charge is 2.53. The molecule has 0 saturated carbocycles. The van der Waals surface area contributed by atoms with Gasteiger partial charge in [0.1, 0.15) is 10.9 Å². The largest absolute Gasteiger partial charge is 0.504 e. The van der Waals surface area contributed by atoms with E-state index in [-0.39, 0.29) is 18.1 Å². The summed E-state index contributed by atoms with van der Waals surface area (Å²) in [6.45, 7) is 4.32. The summed E-state index contributed by atoms with van der Waals surface area (Å²) in [7, 11) is 0. The van der Waals surface area contributed by atoms with Gasteiger partial charge in [0.2, 0.25) is 11.8 Å². The number of nitrogens with zero attached hydrogens (tertiary/aromatic N) is 3. The zero-order valence-electron chi connectivity index (χ0n) is 18.4. The second kappa shape index (κ2) is 9.38. The zero-order valence-corrected chi connectivity index (χ0v) is 19.2. The average molecular weight is 496 g/mol. The highest BCUT2D eigenvalue weighted by molar-refractivity contribution is 7.81. The number of hydrazone groups is 1. The number of phenols is 2. The first-order chi connectivity index (χ1) is 15.9. The third kappa shape index (κ3) is 4.59. The summed E-state index contributed by atoms with van der Waals surface area (Å²) < 4.78 is 25.4. The van der Waals surface area contributed by atoms with Gasteiger partial charge in [0.25, 0.3) is 5.91 Å². The minimum absolute atomic E-state index is 0.0458. The minimum atomic E-state index is -2.77. The van der Waals surface area contributed by atoms with Gasteiger partial charge >= 0.3 is 5.97 Å². The van der Waals surface area contributed by atoms with Crippen LogP contribution in [0, 0.1) is 0 Å². The molecule has 1 saturated heterocycles. The molecule has 184 valence electrons. The van der Waals surface area contributed by atoms with E-state index in [1.54, 1.807) is 13.8 Å². The van der Waals surface area contributed by atoms with Crippen molar-refractivity contribution in [3.63, 3.8) is 0 Å². The molecule has 34 heavy (non-hydrogen) atoms. The van der Waals surface area contributed by atoms with Crippen molar-refractivity contribution in [2.24, 2.45) is 10.1 Å². The monoisotopic (exact) mass is 496 g/mol. The summed E-state index contributed by atoms with van der Waals surface area (Å²) in [5.41, 5.74) is 2.48. The number of aliphatic carboxylic acids is 1. The molecule has 14 heteroatoms. The first-order valence-electron chi connectivity index (χ1n) is 10.1. The van der Waals surface area contributed by atoms with Gasteiger partial charge < -0.3 is 29.5 Å². The fourth-order valence-electron chi connectivity index (χ4n) is 3.70. The number of nitrogens with one attached hydrogen (secondary N) is 1. The lowest BCUT2D eigenvalue weighted by atomic mass is 9.92. The van der Waals surface area contributed by atoms with Crippen molar-refractivity contribution in [1.82, 2.24) is 10.3 Å². The Balaban J connectivity index is 1.78. The molecule has 13 nitrogen and oxygen atoms in total. The van der Waals surface area contributed by atoms with Crippen LogP contribution in [0.25, 0.3) is 0 Å². The van der Waals surface area contributed by atoms with Gasteiger partial charge in [0.05, 0.1) is 0 Å². The molecular weight excluding hydrogens is 472 g/mol. The summed E-state index contributed by atoms with van der Waals surface area (Å²) >= 11 is -2.77. The number of amides is 2. The molecule has 2 aliphatic rings. The second-order valence-corrected chi connectivity index (χ2v) is 9.55. The Morgan fingerprint density at radius 1 is 1.35 bits per heavy atom. The number of hydrogen-bond acceptors (Lipinski definition) is 9. The standard InChI is InChI=1S/C20H24N4O9S/c1-9-6-14(27)24(9)16(19(29)30)20(3,34(31)32)8-21-23-17(28)15-10(2)33-18(22-15)11-4-5-12(25)13(26)7-11/h4-5,7-10,15-16,25-26H,6H2,1-3H3,(H,23,28)(H,29,30)(H,31,32)/b21-8+/t9-,10-,15+,16+,20+/m1/s1. The normalized spacial score (nSPS) is 25.6. The Labute approximate surface area is 196 Å². The van der Waals surface area contributed by atoms with Crippen LogP contribution in [0.1, 0.15) is 32.8 Å². The van der Waals surface area contributed by atoms with E-state index < -0.39 is 63.6 Å². The fourth-order valence-corrected chi connectivity index (χ4v) is 4.25. The number of β-lactam (4-membered cyclic amide) rings is 1. The van der Waals surface area contributed by atoms with Gasteiger partial charge in [-0.3, -0.25) is 9.59 Å². The van der Waals surface area contributed by atoms with E-state index in [1.165, 1.54) is 18.2 Å². The van der Waals surface area contributed by atoms with Crippen LogP contribution in [-0.4, -0.2) is 87.9 Å². The number of likely N-dealkylation sites (tertiary alicyclic amines) is 1. The number of carboxylic acids is 1. The molecule has 0 radical (unpaired) electrons. The Bertz CT molecular complexity index is 1110. The average Bonchev–Trinajstić information content (AvgIpc) is 3.15. The van der Waals surface area contributed by atoms with Gasteiger partial charge in [-0.25, -0.2) is 19.4 Å². The highest BCUT2D eigenvalue weighted by Crippen LogP contribution is 2.31. The smallest absolute Gasteiger partial charge is 0.328 e. The molecule has 2 amide bonds. The number of hydrogen-bond donors (Lipinski definition) is 5. The molecule has 2 heterocycles. The molecule has 6 atom stereocenters. The van der Waals surface area contributed by atoms with Crippen LogP contribution in [0.4, 0.5) is 0 Å². The summed E-state index contributed by atoms with van der Waals surface area (Å²) in [5, 5.41) is 32.4. The molecule has 0 bridgehead atoms. The predicted molar refractivity (Wildman–Crippen MR) is 119 cm³/mol. The van der Waals surface area contributed by atoms with Gasteiger partial charge in [-0.1, -0.05) is 0 Å². The van der Waals surface area contributed by atoms with E-state index in [0.717, 1.165) is 18.0 Å². The van der Waals surface area contributed by atoms with E-state index in [1.807, 2.05) is 0 Å². The quantitative estimate of drug-likeness (QED) is 0.106. The van der Waals surface area contributed by atoms with Gasteiger partial charge in [-0.05, 0) is 39.0 Å². The number of rotatable bonds is 8. The van der Waals surface area contributed by atoms with Gasteiger partial charge in [-0.15, -0.1) is 0 Å². The SMILES string of the molecule is C[C@@H]1CC(=O)N1[C@@H](C(=O)O)[C@](C)(/C=N/NC(=O)[C@H]1N=C(c2ccc(O)c(O)c2)O[C@@H]1C)S(=O)O. The van der Waals surface area contributed by atoms with Crippen LogP contribution in [0.15, 0.2) is 28.3 Å². The van der Waals surface area contributed by atoms with Crippen molar-refractivity contribution >= 4 is 41.0 Å². The lowest BCUT2D eigenvalue weighted by Crippen LogP contribution is -2.67. The van der Waals surface area contributed by atoms with Crippen LogP contribution >= 0.6 is 0 Å². The van der Waals surface area contributed by atoms with Crippen LogP contribution in [0.3, 0.4) is 0 Å². The molecule has 0 aliphatic carbocycles. The van der Waals surface area contributed by atoms with Crippen LogP contribution in [0.5, 0.6) is 11.5 Å². The fraction of sp³-hybridized carbons (Fsp3) is 0.450. The Morgan fingerprint density at radius 3 is 2.56 bits per heavy atom. The van der Waals surface area contributed by atoms with E-state index in [2.05, 4.69) is 15.5 Å². The predicted octanol–water partition coefficient (Wildman–Crippen LogP) is -0.212. The molecule has 1 fully saturated rings. The molecule has 1 aromatic rings. The Hall–Kier alpha value is -3.52. The molecule has 0 aromatic heterocycles. The third-order valence-electron chi connectivity index (χ3n) is 5.65. The van der Waals surface area contributed by atoms with E-state index in [4.69, 9.17) is 4.74 Å². The Morgan fingerprint density at radius 2 is 2.03 bits per heavy atom. The van der Waals surface area contributed by atoms with Crippen molar-refractivity contribution in [3.8, 4) is 11.5 Å². The molecule has 1 unspecified atom stereocenters. The summed E-state index contributed by atoms with van der Waals surface area (Å²) in [6.07, 6.45) is 0.206. The van der Waals surface area contributed by atoms with Crippen molar-refractivity contribution in [2.45, 2.75) is 56.2 Å². The van der Waals surface area contributed by atoms with Crippen LogP contribution in [-0.2, 0) is 30.2 Å². The lowest BCUT2D eigenvalue weighted by molar-refractivity contribution is -0.161.